The maximum Gasteiger partial charge on any atom is 1.00 e. The molecule has 0 spiro atoms. The van der Waals surface area contributed by atoms with Crippen LogP contribution in [0.25, 0.3) is 6.08 Å². The molecule has 0 saturated heterocycles. The van der Waals surface area contributed by atoms with Gasteiger partial charge in [0.15, 0.2) is 0 Å². The van der Waals surface area contributed by atoms with Gasteiger partial charge in [0.05, 0.1) is 16.1 Å². The minimum absolute atomic E-state index is 0. The van der Waals surface area contributed by atoms with Crippen molar-refractivity contribution in [3.05, 3.63) is 95.6 Å². The number of nitrogens with zero attached hydrogens (tertiary/aromatic N) is 1. The van der Waals surface area contributed by atoms with E-state index in [0.717, 1.165) is 28.6 Å². The minimum atomic E-state index is -4.66. The number of ether oxygens (including phenoxy) is 1. The zero-order chi connectivity index (χ0) is 26.5. The molecule has 3 aromatic rings. The van der Waals surface area contributed by atoms with Crippen LogP contribution in [-0.4, -0.2) is 25.5 Å². The summed E-state index contributed by atoms with van der Waals surface area (Å²) < 4.78 is 74.0. The van der Waals surface area contributed by atoms with Gasteiger partial charge in [0.25, 0.3) is 10.0 Å². The van der Waals surface area contributed by atoms with Crippen molar-refractivity contribution in [3.8, 4) is 5.75 Å². The second kappa shape index (κ2) is 12.6. The Balaban J connectivity index is 0.00000361. The van der Waals surface area contributed by atoms with Gasteiger partial charge in [-0.15, -0.1) is 0 Å². The number of sulfonamides is 1. The molecule has 37 heavy (non-hydrogen) atoms. The smallest absolute Gasteiger partial charge is 1.00 e. The zero-order valence-corrected chi connectivity index (χ0v) is 23.3. The normalized spacial score (nSPS) is 11.8. The molecule has 0 aliphatic rings. The fourth-order valence-electron chi connectivity index (χ4n) is 3.43. The monoisotopic (exact) mass is 543 g/mol. The molecule has 0 radical (unpaired) electrons. The Morgan fingerprint density at radius 1 is 1.05 bits per heavy atom. The summed E-state index contributed by atoms with van der Waals surface area (Å²) in [6, 6.07) is 16.2. The average Bonchev–Trinajstić information content (AvgIpc) is 2.82. The summed E-state index contributed by atoms with van der Waals surface area (Å²) in [6.45, 7) is 3.09. The van der Waals surface area contributed by atoms with Crippen molar-refractivity contribution >= 4 is 27.8 Å². The molecular formula is C26H25F3NNaO5S. The van der Waals surface area contributed by atoms with Gasteiger partial charge in [0, 0.05) is 12.1 Å². The van der Waals surface area contributed by atoms with Crippen LogP contribution in [0, 0.1) is 0 Å². The van der Waals surface area contributed by atoms with Crippen LogP contribution >= 0.6 is 0 Å². The van der Waals surface area contributed by atoms with Crippen LogP contribution in [0.3, 0.4) is 0 Å². The van der Waals surface area contributed by atoms with E-state index in [4.69, 9.17) is 9.84 Å². The van der Waals surface area contributed by atoms with E-state index < -0.39 is 33.8 Å². The molecule has 11 heteroatoms. The molecule has 0 aromatic heterocycles. The van der Waals surface area contributed by atoms with E-state index in [-0.39, 0.29) is 53.9 Å². The summed E-state index contributed by atoms with van der Waals surface area (Å²) in [4.78, 5) is 10.7. The zero-order valence-electron chi connectivity index (χ0n) is 21.4. The number of benzene rings is 3. The molecule has 0 aliphatic heterocycles. The van der Waals surface area contributed by atoms with Crippen LogP contribution in [0.5, 0.6) is 5.75 Å². The second-order valence-corrected chi connectivity index (χ2v) is 9.90. The van der Waals surface area contributed by atoms with Crippen LogP contribution in [-0.2, 0) is 27.6 Å². The van der Waals surface area contributed by atoms with Crippen molar-refractivity contribution in [2.45, 2.75) is 37.6 Å². The predicted molar refractivity (Wildman–Crippen MR) is 131 cm³/mol. The molecule has 0 amide bonds. The molecule has 0 unspecified atom stereocenters. The number of carboxylic acid groups (broad SMARTS) is 1. The maximum absolute atomic E-state index is 13.5. The molecule has 192 valence electrons. The van der Waals surface area contributed by atoms with Gasteiger partial charge in [-0.25, -0.2) is 13.2 Å². The first-order valence-electron chi connectivity index (χ1n) is 10.8. The molecule has 0 atom stereocenters. The van der Waals surface area contributed by atoms with Gasteiger partial charge < -0.3 is 11.3 Å². The number of rotatable bonds is 9. The molecule has 6 nitrogen and oxygen atoms in total. The summed E-state index contributed by atoms with van der Waals surface area (Å²) in [6.07, 6.45) is -2.28. The van der Waals surface area contributed by atoms with E-state index in [2.05, 4.69) is 0 Å². The van der Waals surface area contributed by atoms with Gasteiger partial charge >= 0.3 is 41.7 Å². The van der Waals surface area contributed by atoms with Crippen LogP contribution in [0.15, 0.2) is 83.8 Å². The van der Waals surface area contributed by atoms with Gasteiger partial charge in [-0.1, -0.05) is 42.5 Å². The fourth-order valence-corrected chi connectivity index (χ4v) is 5.13. The summed E-state index contributed by atoms with van der Waals surface area (Å²) in [7, 11) is -4.11. The number of anilines is 1. The summed E-state index contributed by atoms with van der Waals surface area (Å²) in [5.74, 6) is -1.34. The Labute approximate surface area is 237 Å². The maximum atomic E-state index is 13.5. The topological polar surface area (TPSA) is 83.9 Å². The van der Waals surface area contributed by atoms with Gasteiger partial charge in [-0.3, -0.25) is 4.31 Å². The molecule has 3 aromatic carbocycles. The third-order valence-electron chi connectivity index (χ3n) is 5.09. The SMILES string of the molecule is CC(C)N(c1ccc(C(F)(F)F)cc1OCc1ccc(C=CC(=O)O)cc1)S(=O)(=O)c1ccccc1.[H-].[Na+]. The Kier molecular flexibility index (Phi) is 10.4. The Hall–Kier alpha value is -2.79. The standard InChI is InChI=1S/C26H24F3NO5S.Na.H/c1-18(2)30(36(33,34)22-6-4-3-5-7-22)23-14-13-21(26(27,28)29)16-24(23)35-17-20-10-8-19(9-11-20)12-15-25(31)32;;/h3-16,18H,17H2,1-2H3,(H,31,32);;/q;+1;-1. The van der Waals surface area contributed by atoms with E-state index in [1.54, 1.807) is 56.3 Å². The van der Waals surface area contributed by atoms with E-state index in [1.165, 1.54) is 18.2 Å². The van der Waals surface area contributed by atoms with E-state index in [1.807, 2.05) is 0 Å². The number of aliphatic carboxylic acids is 1. The van der Waals surface area contributed by atoms with Crippen molar-refractivity contribution < 1.29 is 67.2 Å². The van der Waals surface area contributed by atoms with E-state index in [9.17, 15) is 26.4 Å². The third kappa shape index (κ3) is 7.85. The van der Waals surface area contributed by atoms with Crippen molar-refractivity contribution in [1.29, 1.82) is 0 Å². The Morgan fingerprint density at radius 3 is 2.22 bits per heavy atom. The molecule has 3 rings (SSSR count). The van der Waals surface area contributed by atoms with Crippen molar-refractivity contribution in [3.63, 3.8) is 0 Å². The molecule has 0 heterocycles. The number of hydrogen-bond donors (Lipinski definition) is 1. The fraction of sp³-hybridized carbons (Fsp3) is 0.192. The minimum Gasteiger partial charge on any atom is -1.00 e. The quantitative estimate of drug-likeness (QED) is 0.331. The summed E-state index contributed by atoms with van der Waals surface area (Å²) in [5.41, 5.74) is 0.202. The Morgan fingerprint density at radius 2 is 1.68 bits per heavy atom. The first kappa shape index (κ1) is 30.4. The Bertz CT molecular complexity index is 1350. The average molecular weight is 544 g/mol. The summed E-state index contributed by atoms with van der Waals surface area (Å²) >= 11 is 0. The number of carbonyl (C=O) groups is 1. The molecule has 0 bridgehead atoms. The summed E-state index contributed by atoms with van der Waals surface area (Å²) in [5, 5.41) is 8.73. The van der Waals surface area contributed by atoms with Crippen molar-refractivity contribution in [2.24, 2.45) is 0 Å². The molecule has 0 fully saturated rings. The van der Waals surface area contributed by atoms with Crippen LogP contribution in [0.4, 0.5) is 18.9 Å². The molecule has 1 N–H and O–H groups in total. The van der Waals surface area contributed by atoms with E-state index in [0.29, 0.717) is 11.1 Å². The number of carboxylic acids is 1. The van der Waals surface area contributed by atoms with Gasteiger partial charge in [0.1, 0.15) is 12.4 Å². The predicted octanol–water partition coefficient (Wildman–Crippen LogP) is 3.10. The van der Waals surface area contributed by atoms with Crippen LogP contribution in [0.1, 0.15) is 32.0 Å². The third-order valence-corrected chi connectivity index (χ3v) is 7.09. The first-order valence-corrected chi connectivity index (χ1v) is 12.3. The number of halogens is 3. The number of alkyl halides is 3. The molecule has 0 saturated carbocycles. The van der Waals surface area contributed by atoms with Gasteiger partial charge in [-0.05, 0) is 61.4 Å². The van der Waals surface area contributed by atoms with Crippen molar-refractivity contribution in [2.75, 3.05) is 4.31 Å². The first-order chi connectivity index (χ1) is 16.9. The van der Waals surface area contributed by atoms with Crippen LogP contribution < -0.4 is 38.6 Å². The largest absolute Gasteiger partial charge is 1.00 e. The van der Waals surface area contributed by atoms with Crippen molar-refractivity contribution in [1.82, 2.24) is 0 Å². The number of hydrogen-bond acceptors (Lipinski definition) is 4. The van der Waals surface area contributed by atoms with Gasteiger partial charge in [0.2, 0.25) is 0 Å². The second-order valence-electron chi connectivity index (χ2n) is 8.09. The molecule has 0 aliphatic carbocycles. The molecular weight excluding hydrogens is 518 g/mol. The van der Waals surface area contributed by atoms with E-state index >= 15 is 0 Å². The van der Waals surface area contributed by atoms with Gasteiger partial charge in [-0.2, -0.15) is 13.2 Å². The van der Waals surface area contributed by atoms with Crippen LogP contribution in [0.2, 0.25) is 0 Å².